The summed E-state index contributed by atoms with van der Waals surface area (Å²) in [4.78, 5) is 9.04. The SMILES string of the molecule is CCC(C)(CC)Nc1nc(NC)nc2ccccc12. The van der Waals surface area contributed by atoms with Crippen LogP contribution in [0.25, 0.3) is 10.9 Å². The molecule has 1 heterocycles. The van der Waals surface area contributed by atoms with Crippen molar-refractivity contribution in [2.45, 2.75) is 39.2 Å². The molecule has 0 aliphatic heterocycles. The van der Waals surface area contributed by atoms with E-state index in [4.69, 9.17) is 0 Å². The quantitative estimate of drug-likeness (QED) is 0.859. The average Bonchev–Trinajstić information content (AvgIpc) is 2.46. The third-order valence-corrected chi connectivity index (χ3v) is 3.81. The number of hydrogen-bond acceptors (Lipinski definition) is 4. The van der Waals surface area contributed by atoms with E-state index in [2.05, 4.69) is 47.4 Å². The number of fused-ring (bicyclic) bond motifs is 1. The van der Waals surface area contributed by atoms with Gasteiger partial charge in [-0.1, -0.05) is 26.0 Å². The lowest BCUT2D eigenvalue weighted by Gasteiger charge is -2.29. The minimum absolute atomic E-state index is 0.0577. The number of rotatable bonds is 5. The Bertz CT molecular complexity index is 561. The van der Waals surface area contributed by atoms with Gasteiger partial charge in [0.25, 0.3) is 0 Å². The van der Waals surface area contributed by atoms with Crippen molar-refractivity contribution in [3.05, 3.63) is 24.3 Å². The van der Waals surface area contributed by atoms with Gasteiger partial charge in [-0.05, 0) is 31.9 Å². The van der Waals surface area contributed by atoms with Crippen molar-refractivity contribution in [2.24, 2.45) is 0 Å². The zero-order valence-electron chi connectivity index (χ0n) is 12.1. The zero-order chi connectivity index (χ0) is 13.9. The summed E-state index contributed by atoms with van der Waals surface area (Å²) in [6.07, 6.45) is 2.10. The van der Waals surface area contributed by atoms with E-state index in [0.717, 1.165) is 29.6 Å². The van der Waals surface area contributed by atoms with Gasteiger partial charge >= 0.3 is 0 Å². The molecule has 0 amide bonds. The van der Waals surface area contributed by atoms with E-state index >= 15 is 0 Å². The zero-order valence-corrected chi connectivity index (χ0v) is 12.1. The number of nitrogens with one attached hydrogen (secondary N) is 2. The molecule has 0 fully saturated rings. The Balaban J connectivity index is 2.51. The van der Waals surface area contributed by atoms with Crippen LogP contribution in [0.15, 0.2) is 24.3 Å². The summed E-state index contributed by atoms with van der Waals surface area (Å²) in [7, 11) is 1.84. The minimum atomic E-state index is 0.0577. The molecule has 1 aromatic heterocycles. The van der Waals surface area contributed by atoms with Gasteiger partial charge in [0.1, 0.15) is 5.82 Å². The Kier molecular flexibility index (Phi) is 3.88. The number of para-hydroxylation sites is 1. The van der Waals surface area contributed by atoms with E-state index in [9.17, 15) is 0 Å². The van der Waals surface area contributed by atoms with Crippen molar-refractivity contribution in [2.75, 3.05) is 17.7 Å². The Hall–Kier alpha value is -1.84. The lowest BCUT2D eigenvalue weighted by atomic mass is 9.95. The lowest BCUT2D eigenvalue weighted by Crippen LogP contribution is -2.33. The summed E-state index contributed by atoms with van der Waals surface area (Å²) in [5.41, 5.74) is 1.01. The first-order valence-corrected chi connectivity index (χ1v) is 6.84. The number of hydrogen-bond donors (Lipinski definition) is 2. The number of benzene rings is 1. The van der Waals surface area contributed by atoms with Gasteiger partial charge in [-0.3, -0.25) is 0 Å². The molecule has 0 spiro atoms. The molecule has 0 aliphatic rings. The number of aromatic nitrogens is 2. The van der Waals surface area contributed by atoms with Crippen molar-refractivity contribution in [1.82, 2.24) is 9.97 Å². The Labute approximate surface area is 114 Å². The fraction of sp³-hybridized carbons (Fsp3) is 0.467. The smallest absolute Gasteiger partial charge is 0.224 e. The summed E-state index contributed by atoms with van der Waals surface area (Å²) in [5, 5.41) is 7.66. The number of nitrogens with zero attached hydrogens (tertiary/aromatic N) is 2. The molecule has 1 aromatic carbocycles. The molecule has 0 radical (unpaired) electrons. The highest BCUT2D eigenvalue weighted by atomic mass is 15.1. The monoisotopic (exact) mass is 258 g/mol. The van der Waals surface area contributed by atoms with Crippen LogP contribution in [0.4, 0.5) is 11.8 Å². The van der Waals surface area contributed by atoms with Crippen molar-refractivity contribution in [1.29, 1.82) is 0 Å². The Morgan fingerprint density at radius 1 is 1.11 bits per heavy atom. The molecule has 0 bridgehead atoms. The largest absolute Gasteiger partial charge is 0.364 e. The van der Waals surface area contributed by atoms with Gasteiger partial charge in [0.05, 0.1) is 5.52 Å². The molecule has 0 atom stereocenters. The van der Waals surface area contributed by atoms with Gasteiger partial charge in [0.15, 0.2) is 0 Å². The molecule has 0 saturated carbocycles. The molecule has 4 nitrogen and oxygen atoms in total. The standard InChI is InChI=1S/C15H22N4/c1-5-15(3,6-2)19-13-11-9-7-8-10-12(11)17-14(16-4)18-13/h7-10H,5-6H2,1-4H3,(H2,16,17,18,19). The van der Waals surface area contributed by atoms with E-state index < -0.39 is 0 Å². The van der Waals surface area contributed by atoms with Crippen LogP contribution < -0.4 is 10.6 Å². The molecular formula is C15H22N4. The maximum Gasteiger partial charge on any atom is 0.224 e. The molecule has 102 valence electrons. The van der Waals surface area contributed by atoms with Crippen LogP contribution >= 0.6 is 0 Å². The molecule has 4 heteroatoms. The van der Waals surface area contributed by atoms with Gasteiger partial charge in [0.2, 0.25) is 5.95 Å². The topological polar surface area (TPSA) is 49.8 Å². The molecular weight excluding hydrogens is 236 g/mol. The molecule has 0 unspecified atom stereocenters. The molecule has 0 saturated heterocycles. The van der Waals surface area contributed by atoms with Gasteiger partial charge in [-0.15, -0.1) is 0 Å². The first-order chi connectivity index (χ1) is 9.11. The van der Waals surface area contributed by atoms with Crippen LogP contribution in [0.2, 0.25) is 0 Å². The van der Waals surface area contributed by atoms with Crippen LogP contribution in [-0.2, 0) is 0 Å². The summed E-state index contributed by atoms with van der Waals surface area (Å²) in [6, 6.07) is 8.09. The molecule has 19 heavy (non-hydrogen) atoms. The van der Waals surface area contributed by atoms with Gasteiger partial charge < -0.3 is 10.6 Å². The van der Waals surface area contributed by atoms with Crippen molar-refractivity contribution in [3.8, 4) is 0 Å². The minimum Gasteiger partial charge on any atom is -0.364 e. The summed E-state index contributed by atoms with van der Waals surface area (Å²) in [6.45, 7) is 6.61. The van der Waals surface area contributed by atoms with E-state index in [1.54, 1.807) is 0 Å². The average molecular weight is 258 g/mol. The molecule has 2 aromatic rings. The maximum atomic E-state index is 4.57. The highest BCUT2D eigenvalue weighted by Crippen LogP contribution is 2.27. The van der Waals surface area contributed by atoms with Gasteiger partial charge in [-0.25, -0.2) is 4.98 Å². The fourth-order valence-electron chi connectivity index (χ4n) is 2.00. The van der Waals surface area contributed by atoms with Crippen LogP contribution in [-0.4, -0.2) is 22.6 Å². The van der Waals surface area contributed by atoms with E-state index in [1.807, 2.05) is 25.2 Å². The lowest BCUT2D eigenvalue weighted by molar-refractivity contribution is 0.477. The highest BCUT2D eigenvalue weighted by molar-refractivity contribution is 5.90. The predicted octanol–water partition coefficient (Wildman–Crippen LogP) is 3.66. The second-order valence-electron chi connectivity index (χ2n) is 5.06. The van der Waals surface area contributed by atoms with Crippen molar-refractivity contribution >= 4 is 22.7 Å². The number of anilines is 2. The maximum absolute atomic E-state index is 4.57. The first-order valence-electron chi connectivity index (χ1n) is 6.84. The van der Waals surface area contributed by atoms with Crippen molar-refractivity contribution in [3.63, 3.8) is 0 Å². The van der Waals surface area contributed by atoms with E-state index in [1.165, 1.54) is 0 Å². The highest BCUT2D eigenvalue weighted by Gasteiger charge is 2.21. The Morgan fingerprint density at radius 2 is 1.79 bits per heavy atom. The van der Waals surface area contributed by atoms with Crippen LogP contribution in [0.1, 0.15) is 33.6 Å². The second kappa shape index (κ2) is 5.43. The van der Waals surface area contributed by atoms with Gasteiger partial charge in [-0.2, -0.15) is 4.98 Å². The fourth-order valence-corrected chi connectivity index (χ4v) is 2.00. The first kappa shape index (κ1) is 13.6. The predicted molar refractivity (Wildman–Crippen MR) is 81.7 cm³/mol. The van der Waals surface area contributed by atoms with Crippen LogP contribution in [0, 0.1) is 0 Å². The van der Waals surface area contributed by atoms with Gasteiger partial charge in [0, 0.05) is 18.0 Å². The molecule has 2 rings (SSSR count). The van der Waals surface area contributed by atoms with E-state index in [-0.39, 0.29) is 5.54 Å². The second-order valence-corrected chi connectivity index (χ2v) is 5.06. The molecule has 0 aliphatic carbocycles. The summed E-state index contributed by atoms with van der Waals surface area (Å²) in [5.74, 6) is 1.55. The van der Waals surface area contributed by atoms with E-state index in [0.29, 0.717) is 5.95 Å². The third kappa shape index (κ3) is 2.78. The molecule has 2 N–H and O–H groups in total. The van der Waals surface area contributed by atoms with Crippen LogP contribution in [0.5, 0.6) is 0 Å². The van der Waals surface area contributed by atoms with Crippen LogP contribution in [0.3, 0.4) is 0 Å². The summed E-state index contributed by atoms with van der Waals surface area (Å²) >= 11 is 0. The van der Waals surface area contributed by atoms with Crippen molar-refractivity contribution < 1.29 is 0 Å². The normalized spacial score (nSPS) is 11.6. The third-order valence-electron chi connectivity index (χ3n) is 3.81. The Morgan fingerprint density at radius 3 is 2.42 bits per heavy atom. The summed E-state index contributed by atoms with van der Waals surface area (Å²) < 4.78 is 0.